The Kier molecular flexibility index (Phi) is 6.49. The van der Waals surface area contributed by atoms with Crippen molar-refractivity contribution in [1.82, 2.24) is 5.32 Å². The lowest BCUT2D eigenvalue weighted by Crippen LogP contribution is -2.29. The van der Waals surface area contributed by atoms with Gasteiger partial charge in [0.15, 0.2) is 12.4 Å². The van der Waals surface area contributed by atoms with Gasteiger partial charge in [-0.2, -0.15) is 0 Å². The van der Waals surface area contributed by atoms with E-state index in [0.717, 1.165) is 11.1 Å². The summed E-state index contributed by atoms with van der Waals surface area (Å²) >= 11 is 12.2. The molecule has 5 nitrogen and oxygen atoms in total. The molecule has 162 valence electrons. The minimum absolute atomic E-state index is 0.0606. The van der Waals surface area contributed by atoms with Crippen LogP contribution in [0.4, 0.5) is 0 Å². The van der Waals surface area contributed by atoms with Crippen molar-refractivity contribution in [3.8, 4) is 17.1 Å². The number of carbonyl (C=O) groups is 1. The van der Waals surface area contributed by atoms with E-state index in [0.29, 0.717) is 27.7 Å². The first-order valence-electron chi connectivity index (χ1n) is 9.88. The number of ether oxygens (including phenoxy) is 1. The molecule has 0 aliphatic heterocycles. The molecule has 4 aromatic rings. The van der Waals surface area contributed by atoms with Crippen LogP contribution in [0.5, 0.6) is 5.75 Å². The molecule has 0 saturated heterocycles. The van der Waals surface area contributed by atoms with Gasteiger partial charge in [0.1, 0.15) is 5.58 Å². The fraction of sp³-hybridized carbons (Fsp3) is 0.120. The number of aryl methyl sites for hydroxylation is 1. The summed E-state index contributed by atoms with van der Waals surface area (Å²) in [5, 5.41) is 4.03. The summed E-state index contributed by atoms with van der Waals surface area (Å²) < 4.78 is 11.7. The lowest BCUT2D eigenvalue weighted by atomic mass is 10.1. The van der Waals surface area contributed by atoms with Crippen molar-refractivity contribution < 1.29 is 13.9 Å². The first-order chi connectivity index (χ1) is 15.4. The molecule has 0 atom stereocenters. The van der Waals surface area contributed by atoms with E-state index >= 15 is 0 Å². The number of nitrogens with one attached hydrogen (secondary N) is 1. The highest BCUT2D eigenvalue weighted by atomic mass is 35.5. The molecular weight excluding hydrogens is 449 g/mol. The van der Waals surface area contributed by atoms with Crippen molar-refractivity contribution in [3.05, 3.63) is 98.1 Å². The lowest BCUT2D eigenvalue weighted by Gasteiger charge is -2.13. The van der Waals surface area contributed by atoms with E-state index in [1.165, 1.54) is 0 Å². The number of rotatable bonds is 6. The first kappa shape index (κ1) is 21.9. The first-order valence-corrected chi connectivity index (χ1v) is 10.6. The molecule has 0 aliphatic carbocycles. The predicted molar refractivity (Wildman–Crippen MR) is 126 cm³/mol. The van der Waals surface area contributed by atoms with Gasteiger partial charge in [-0.1, -0.05) is 53.5 Å². The Balaban J connectivity index is 1.66. The molecule has 1 aromatic heterocycles. The van der Waals surface area contributed by atoms with Gasteiger partial charge in [0.25, 0.3) is 5.91 Å². The molecule has 3 aromatic carbocycles. The number of hydrogen-bond acceptors (Lipinski definition) is 4. The summed E-state index contributed by atoms with van der Waals surface area (Å²) in [6, 6.07) is 19.6. The second kappa shape index (κ2) is 9.47. The van der Waals surface area contributed by atoms with Gasteiger partial charge < -0.3 is 14.5 Å². The molecule has 0 spiro atoms. The second-order valence-corrected chi connectivity index (χ2v) is 8.09. The van der Waals surface area contributed by atoms with Crippen LogP contribution < -0.4 is 15.5 Å². The Hall–Kier alpha value is -3.28. The number of carbonyl (C=O) groups excluding carboxylic acids is 1. The maximum atomic E-state index is 13.2. The van der Waals surface area contributed by atoms with Crippen molar-refractivity contribution in [2.24, 2.45) is 0 Å². The smallest absolute Gasteiger partial charge is 0.258 e. The number of hydrogen-bond donors (Lipinski definition) is 1. The van der Waals surface area contributed by atoms with Crippen LogP contribution in [-0.4, -0.2) is 12.5 Å². The normalized spacial score (nSPS) is 10.8. The Morgan fingerprint density at radius 3 is 2.47 bits per heavy atom. The summed E-state index contributed by atoms with van der Waals surface area (Å²) in [6.07, 6.45) is 0. The monoisotopic (exact) mass is 467 g/mol. The topological polar surface area (TPSA) is 68.5 Å². The van der Waals surface area contributed by atoms with E-state index in [2.05, 4.69) is 5.32 Å². The van der Waals surface area contributed by atoms with Crippen LogP contribution in [0.25, 0.3) is 22.3 Å². The third-order valence-electron chi connectivity index (χ3n) is 4.92. The summed E-state index contributed by atoms with van der Waals surface area (Å²) in [5.74, 6) is -0.205. The molecule has 0 bridgehead atoms. The molecule has 7 heteroatoms. The molecule has 0 radical (unpaired) electrons. The third kappa shape index (κ3) is 4.79. The van der Waals surface area contributed by atoms with Crippen LogP contribution >= 0.6 is 23.2 Å². The zero-order valence-corrected chi connectivity index (χ0v) is 18.7. The van der Waals surface area contributed by atoms with Crippen LogP contribution in [0.1, 0.15) is 11.1 Å². The van der Waals surface area contributed by atoms with E-state index in [1.807, 2.05) is 37.3 Å². The minimum atomic E-state index is -0.408. The molecule has 0 unspecified atom stereocenters. The Morgan fingerprint density at radius 2 is 1.75 bits per heavy atom. The average Bonchev–Trinajstić information content (AvgIpc) is 2.79. The molecule has 0 fully saturated rings. The van der Waals surface area contributed by atoms with E-state index < -0.39 is 5.43 Å². The van der Waals surface area contributed by atoms with Crippen LogP contribution in [0.15, 0.2) is 75.9 Å². The van der Waals surface area contributed by atoms with Gasteiger partial charge in [0.05, 0.1) is 5.39 Å². The molecule has 32 heavy (non-hydrogen) atoms. The van der Waals surface area contributed by atoms with Crippen LogP contribution in [-0.2, 0) is 11.3 Å². The summed E-state index contributed by atoms with van der Waals surface area (Å²) in [5.41, 5.74) is 2.30. The van der Waals surface area contributed by atoms with E-state index in [4.69, 9.17) is 32.4 Å². The van der Waals surface area contributed by atoms with E-state index in [1.54, 1.807) is 36.4 Å². The van der Waals surface area contributed by atoms with E-state index in [-0.39, 0.29) is 29.4 Å². The molecular formula is C25H19Cl2NO4. The highest BCUT2D eigenvalue weighted by Crippen LogP contribution is 2.33. The zero-order valence-electron chi connectivity index (χ0n) is 17.2. The standard InChI is InChI=1S/C25H19Cl2NO4/c1-15-11-21-19(12-20(15)27)23(30)25(24(32-21)17-7-9-18(26)10-8-17)31-14-22(29)28-13-16-5-3-2-4-6-16/h2-12H,13-14H2,1H3,(H,28,29). The highest BCUT2D eigenvalue weighted by molar-refractivity contribution is 6.32. The Bertz CT molecular complexity index is 1330. The zero-order chi connectivity index (χ0) is 22.7. The van der Waals surface area contributed by atoms with Gasteiger partial charge in [0, 0.05) is 22.2 Å². The number of benzene rings is 3. The quantitative estimate of drug-likeness (QED) is 0.390. The lowest BCUT2D eigenvalue weighted by molar-refractivity contribution is -0.123. The molecule has 1 amide bonds. The molecule has 1 heterocycles. The van der Waals surface area contributed by atoms with Crippen LogP contribution in [0, 0.1) is 6.92 Å². The SMILES string of the molecule is Cc1cc2oc(-c3ccc(Cl)cc3)c(OCC(=O)NCc3ccccc3)c(=O)c2cc1Cl. The van der Waals surface area contributed by atoms with Crippen LogP contribution in [0.2, 0.25) is 10.0 Å². The van der Waals surface area contributed by atoms with Crippen molar-refractivity contribution in [2.45, 2.75) is 13.5 Å². The van der Waals surface area contributed by atoms with Gasteiger partial charge in [0.2, 0.25) is 11.2 Å². The second-order valence-electron chi connectivity index (χ2n) is 7.24. The molecule has 4 rings (SSSR count). The fourth-order valence-corrected chi connectivity index (χ4v) is 3.50. The molecule has 0 saturated carbocycles. The van der Waals surface area contributed by atoms with Gasteiger partial charge in [-0.05, 0) is 54.4 Å². The molecule has 1 N–H and O–H groups in total. The number of fused-ring (bicyclic) bond motifs is 1. The van der Waals surface area contributed by atoms with Crippen molar-refractivity contribution in [3.63, 3.8) is 0 Å². The maximum Gasteiger partial charge on any atom is 0.258 e. The van der Waals surface area contributed by atoms with Gasteiger partial charge in [-0.25, -0.2) is 0 Å². The highest BCUT2D eigenvalue weighted by Gasteiger charge is 2.20. The minimum Gasteiger partial charge on any atom is -0.476 e. The van der Waals surface area contributed by atoms with Crippen molar-refractivity contribution >= 4 is 40.1 Å². The number of halogens is 2. The molecule has 0 aliphatic rings. The predicted octanol–water partition coefficient (Wildman–Crippen LogP) is 5.77. The third-order valence-corrected chi connectivity index (χ3v) is 5.58. The van der Waals surface area contributed by atoms with Crippen molar-refractivity contribution in [2.75, 3.05) is 6.61 Å². The van der Waals surface area contributed by atoms with Gasteiger partial charge >= 0.3 is 0 Å². The summed E-state index contributed by atoms with van der Waals surface area (Å²) in [6.45, 7) is 1.84. The average molecular weight is 468 g/mol. The van der Waals surface area contributed by atoms with Crippen molar-refractivity contribution in [1.29, 1.82) is 0 Å². The van der Waals surface area contributed by atoms with Gasteiger partial charge in [-0.15, -0.1) is 0 Å². The summed E-state index contributed by atoms with van der Waals surface area (Å²) in [7, 11) is 0. The largest absolute Gasteiger partial charge is 0.476 e. The van der Waals surface area contributed by atoms with Gasteiger partial charge in [-0.3, -0.25) is 9.59 Å². The fourth-order valence-electron chi connectivity index (χ4n) is 3.21. The Labute approximate surface area is 194 Å². The Morgan fingerprint density at radius 1 is 1.03 bits per heavy atom. The number of amides is 1. The maximum absolute atomic E-state index is 13.2. The van der Waals surface area contributed by atoms with E-state index in [9.17, 15) is 9.59 Å². The summed E-state index contributed by atoms with van der Waals surface area (Å²) in [4.78, 5) is 25.6. The van der Waals surface area contributed by atoms with Crippen LogP contribution in [0.3, 0.4) is 0 Å².